The second-order valence-corrected chi connectivity index (χ2v) is 8.51. The molecule has 2 N–H and O–H groups in total. The average Bonchev–Trinajstić information content (AvgIpc) is 2.48. The molecule has 3 amide bonds. The maximum atomic E-state index is 12.7. The van der Waals surface area contributed by atoms with Gasteiger partial charge in [-0.25, -0.2) is 14.5 Å². The van der Waals surface area contributed by atoms with Gasteiger partial charge in [-0.05, 0) is 65.3 Å². The van der Waals surface area contributed by atoms with Gasteiger partial charge in [0, 0.05) is 25.3 Å². The highest BCUT2D eigenvalue weighted by Crippen LogP contribution is 2.26. The van der Waals surface area contributed by atoms with E-state index in [2.05, 4.69) is 0 Å². The molecule has 1 aromatic carbocycles. The molecule has 28 heavy (non-hydrogen) atoms. The Hall–Kier alpha value is -2.77. The van der Waals surface area contributed by atoms with Crippen molar-refractivity contribution in [2.75, 3.05) is 17.7 Å². The Kier molecular flexibility index (Phi) is 7.06. The number of hydrogen-bond acceptors (Lipinski definition) is 6. The molecule has 0 radical (unpaired) electrons. The molecule has 0 aromatic heterocycles. The Morgan fingerprint density at radius 2 is 1.43 bits per heavy atom. The van der Waals surface area contributed by atoms with Crippen molar-refractivity contribution in [1.29, 1.82) is 0 Å². The van der Waals surface area contributed by atoms with E-state index < -0.39 is 23.4 Å². The lowest BCUT2D eigenvalue weighted by molar-refractivity contribution is -0.116. The van der Waals surface area contributed by atoms with Crippen molar-refractivity contribution in [1.82, 2.24) is 4.90 Å². The molecular formula is C20H31N3O5. The number of rotatable bonds is 3. The molecule has 0 saturated carbocycles. The van der Waals surface area contributed by atoms with Crippen molar-refractivity contribution < 1.29 is 23.9 Å². The predicted octanol–water partition coefficient (Wildman–Crippen LogP) is 3.92. The van der Waals surface area contributed by atoms with E-state index in [1.807, 2.05) is 0 Å². The van der Waals surface area contributed by atoms with Crippen LogP contribution in [-0.4, -0.2) is 41.2 Å². The lowest BCUT2D eigenvalue weighted by atomic mass is 10.1. The normalized spacial score (nSPS) is 11.6. The summed E-state index contributed by atoms with van der Waals surface area (Å²) < 4.78 is 10.7. The summed E-state index contributed by atoms with van der Waals surface area (Å²) in [6, 6.07) is 4.91. The van der Waals surface area contributed by atoms with Gasteiger partial charge in [-0.1, -0.05) is 0 Å². The minimum Gasteiger partial charge on any atom is -0.443 e. The molecule has 0 aliphatic heterocycles. The molecule has 156 valence electrons. The van der Waals surface area contributed by atoms with Gasteiger partial charge < -0.3 is 20.1 Å². The maximum absolute atomic E-state index is 12.7. The van der Waals surface area contributed by atoms with Crippen molar-refractivity contribution in [3.05, 3.63) is 23.8 Å². The Bertz CT molecular complexity index is 719. The third-order valence-electron chi connectivity index (χ3n) is 3.49. The van der Waals surface area contributed by atoms with Crippen molar-refractivity contribution in [2.45, 2.75) is 66.2 Å². The number of nitrogens with zero attached hydrogens (tertiary/aromatic N) is 2. The molecule has 1 aromatic rings. The standard InChI is InChI=1S/C20H31N3O5/c1-13(24)22(8)16-10-9-15(21)11-14(16)12-23(17(25)27-19(2,3)4)18(26)28-20(5,6)7/h9-11H,12,21H2,1-8H3. The van der Waals surface area contributed by atoms with Gasteiger partial charge in [-0.15, -0.1) is 0 Å². The Morgan fingerprint density at radius 3 is 1.82 bits per heavy atom. The lowest BCUT2D eigenvalue weighted by Gasteiger charge is -2.29. The zero-order valence-corrected chi connectivity index (χ0v) is 18.0. The van der Waals surface area contributed by atoms with Crippen molar-refractivity contribution in [3.8, 4) is 0 Å². The highest BCUT2D eigenvalue weighted by molar-refractivity contribution is 5.93. The van der Waals surface area contributed by atoms with Crippen LogP contribution in [0, 0.1) is 0 Å². The van der Waals surface area contributed by atoms with E-state index >= 15 is 0 Å². The van der Waals surface area contributed by atoms with Gasteiger partial charge in [0.25, 0.3) is 0 Å². The monoisotopic (exact) mass is 393 g/mol. The van der Waals surface area contributed by atoms with Crippen LogP contribution < -0.4 is 10.6 Å². The summed E-state index contributed by atoms with van der Waals surface area (Å²) in [6.07, 6.45) is -1.69. The lowest BCUT2D eigenvalue weighted by Crippen LogP contribution is -2.43. The molecule has 0 heterocycles. The van der Waals surface area contributed by atoms with Crippen LogP contribution in [0.3, 0.4) is 0 Å². The summed E-state index contributed by atoms with van der Waals surface area (Å²) in [5.74, 6) is -0.202. The highest BCUT2D eigenvalue weighted by Gasteiger charge is 2.32. The van der Waals surface area contributed by atoms with Crippen LogP contribution >= 0.6 is 0 Å². The third-order valence-corrected chi connectivity index (χ3v) is 3.49. The van der Waals surface area contributed by atoms with Gasteiger partial charge in [0.1, 0.15) is 11.2 Å². The third kappa shape index (κ3) is 7.09. The van der Waals surface area contributed by atoms with Gasteiger partial charge in [0.05, 0.1) is 6.54 Å². The number of hydrogen-bond donors (Lipinski definition) is 1. The zero-order chi connectivity index (χ0) is 21.9. The van der Waals surface area contributed by atoms with Crippen LogP contribution in [0.1, 0.15) is 54.0 Å². The van der Waals surface area contributed by atoms with E-state index in [1.54, 1.807) is 66.8 Å². The number of anilines is 2. The minimum atomic E-state index is -0.847. The fourth-order valence-corrected chi connectivity index (χ4v) is 2.24. The highest BCUT2D eigenvalue weighted by atomic mass is 16.6. The second-order valence-electron chi connectivity index (χ2n) is 8.51. The first-order valence-electron chi connectivity index (χ1n) is 8.97. The molecule has 8 nitrogen and oxygen atoms in total. The quantitative estimate of drug-likeness (QED) is 0.781. The number of carbonyl (C=O) groups excluding carboxylic acids is 3. The number of ether oxygens (including phenoxy) is 2. The van der Waals surface area contributed by atoms with E-state index in [0.29, 0.717) is 16.9 Å². The molecular weight excluding hydrogens is 362 g/mol. The Balaban J connectivity index is 3.33. The summed E-state index contributed by atoms with van der Waals surface area (Å²) in [6.45, 7) is 11.5. The Labute approximate surface area is 166 Å². The van der Waals surface area contributed by atoms with Gasteiger partial charge >= 0.3 is 12.2 Å². The molecule has 0 fully saturated rings. The molecule has 0 bridgehead atoms. The average molecular weight is 393 g/mol. The van der Waals surface area contributed by atoms with Gasteiger partial charge in [-0.2, -0.15) is 0 Å². The number of nitrogens with two attached hydrogens (primary N) is 1. The molecule has 0 spiro atoms. The summed E-state index contributed by atoms with van der Waals surface area (Å²) in [5, 5.41) is 0. The van der Waals surface area contributed by atoms with Crippen LogP contribution in [0.5, 0.6) is 0 Å². The van der Waals surface area contributed by atoms with E-state index in [1.165, 1.54) is 11.8 Å². The smallest absolute Gasteiger partial charge is 0.420 e. The largest absolute Gasteiger partial charge is 0.443 e. The van der Waals surface area contributed by atoms with Crippen LogP contribution in [-0.2, 0) is 20.8 Å². The minimum absolute atomic E-state index is 0.165. The van der Waals surface area contributed by atoms with Crippen molar-refractivity contribution in [2.24, 2.45) is 0 Å². The van der Waals surface area contributed by atoms with E-state index in [4.69, 9.17) is 15.2 Å². The summed E-state index contributed by atoms with van der Waals surface area (Å²) >= 11 is 0. The number of imide groups is 1. The van der Waals surface area contributed by atoms with E-state index in [9.17, 15) is 14.4 Å². The summed E-state index contributed by atoms with van der Waals surface area (Å²) in [5.41, 5.74) is 5.75. The fourth-order valence-electron chi connectivity index (χ4n) is 2.24. The van der Waals surface area contributed by atoms with Crippen molar-refractivity contribution in [3.63, 3.8) is 0 Å². The first kappa shape index (κ1) is 23.3. The van der Waals surface area contributed by atoms with Crippen LogP contribution in [0.4, 0.5) is 21.0 Å². The van der Waals surface area contributed by atoms with Crippen LogP contribution in [0.15, 0.2) is 18.2 Å². The first-order chi connectivity index (χ1) is 12.6. The topological polar surface area (TPSA) is 102 Å². The number of nitrogen functional groups attached to an aromatic ring is 1. The number of amides is 3. The molecule has 0 aliphatic carbocycles. The molecule has 0 unspecified atom stereocenters. The van der Waals surface area contributed by atoms with Crippen LogP contribution in [0.2, 0.25) is 0 Å². The van der Waals surface area contributed by atoms with E-state index in [0.717, 1.165) is 4.90 Å². The summed E-state index contributed by atoms with van der Waals surface area (Å²) in [7, 11) is 1.60. The van der Waals surface area contributed by atoms with Crippen LogP contribution in [0.25, 0.3) is 0 Å². The SMILES string of the molecule is CC(=O)N(C)c1ccc(N)cc1CN(C(=O)OC(C)(C)C)C(=O)OC(C)(C)C. The molecule has 0 saturated heterocycles. The first-order valence-corrected chi connectivity index (χ1v) is 8.97. The van der Waals surface area contributed by atoms with Gasteiger partial charge in [-0.3, -0.25) is 4.79 Å². The maximum Gasteiger partial charge on any atom is 0.420 e. The van der Waals surface area contributed by atoms with Gasteiger partial charge in [0.15, 0.2) is 0 Å². The molecule has 8 heteroatoms. The van der Waals surface area contributed by atoms with E-state index in [-0.39, 0.29) is 12.5 Å². The molecule has 0 atom stereocenters. The van der Waals surface area contributed by atoms with Crippen molar-refractivity contribution >= 4 is 29.5 Å². The zero-order valence-electron chi connectivity index (χ0n) is 18.0. The van der Waals surface area contributed by atoms with Gasteiger partial charge in [0.2, 0.25) is 5.91 Å². The number of benzene rings is 1. The predicted molar refractivity (Wildman–Crippen MR) is 108 cm³/mol. The molecule has 0 aliphatic rings. The Morgan fingerprint density at radius 1 is 0.964 bits per heavy atom. The fraction of sp³-hybridized carbons (Fsp3) is 0.550. The molecule has 1 rings (SSSR count). The second kappa shape index (κ2) is 8.50. The number of carbonyl (C=O) groups is 3. The summed E-state index contributed by atoms with van der Waals surface area (Å²) in [4.78, 5) is 39.4.